The van der Waals surface area contributed by atoms with Crippen molar-refractivity contribution in [2.45, 2.75) is 25.4 Å². The molecule has 1 heterocycles. The third-order valence-corrected chi connectivity index (χ3v) is 2.97. The molecule has 0 amide bonds. The summed E-state index contributed by atoms with van der Waals surface area (Å²) in [6, 6.07) is 1.60. The first-order chi connectivity index (χ1) is 5.24. The number of hydrogen-bond donors (Lipinski definition) is 0. The van der Waals surface area contributed by atoms with E-state index in [2.05, 4.69) is 37.6 Å². The van der Waals surface area contributed by atoms with Crippen LogP contribution in [0.3, 0.4) is 0 Å². The van der Waals surface area contributed by atoms with Gasteiger partial charge in [-0.1, -0.05) is 17.7 Å². The van der Waals surface area contributed by atoms with Gasteiger partial charge in [0.2, 0.25) is 0 Å². The molecule has 1 heteroatoms. The molecule has 1 saturated heterocycles. The summed E-state index contributed by atoms with van der Waals surface area (Å²) in [4.78, 5) is 2.44. The van der Waals surface area contributed by atoms with Crippen molar-refractivity contribution in [3.8, 4) is 0 Å². The van der Waals surface area contributed by atoms with E-state index in [1.54, 1.807) is 0 Å². The van der Waals surface area contributed by atoms with Gasteiger partial charge in [0, 0.05) is 18.0 Å². The van der Waals surface area contributed by atoms with Gasteiger partial charge in [-0.2, -0.15) is 0 Å². The smallest absolute Gasteiger partial charge is 0.0352 e. The summed E-state index contributed by atoms with van der Waals surface area (Å²) in [5, 5.41) is 0. The monoisotopic (exact) mass is 149 g/mol. The Kier molecular flexibility index (Phi) is 1.43. The quantitative estimate of drug-likeness (QED) is 0.406. The molecule has 1 fully saturated rings. The molecule has 0 N–H and O–H groups in total. The normalized spacial score (nSPS) is 47.6. The van der Waals surface area contributed by atoms with Crippen molar-refractivity contribution < 1.29 is 0 Å². The van der Waals surface area contributed by atoms with E-state index in [0.717, 1.165) is 12.1 Å². The summed E-state index contributed by atoms with van der Waals surface area (Å²) in [6.45, 7) is 6.08. The van der Waals surface area contributed by atoms with E-state index in [0.29, 0.717) is 5.92 Å². The van der Waals surface area contributed by atoms with Crippen LogP contribution >= 0.6 is 0 Å². The van der Waals surface area contributed by atoms with Gasteiger partial charge < -0.3 is 0 Å². The molecule has 2 aliphatic rings. The van der Waals surface area contributed by atoms with Crippen molar-refractivity contribution in [2.75, 3.05) is 7.05 Å². The van der Waals surface area contributed by atoms with Crippen LogP contribution in [0.2, 0.25) is 0 Å². The predicted molar refractivity (Wildman–Crippen MR) is 47.4 cm³/mol. The van der Waals surface area contributed by atoms with Gasteiger partial charge in [0.05, 0.1) is 0 Å². The van der Waals surface area contributed by atoms with Gasteiger partial charge in [0.1, 0.15) is 0 Å². The molecule has 1 unspecified atom stereocenters. The van der Waals surface area contributed by atoms with Crippen LogP contribution in [0.1, 0.15) is 13.3 Å². The molecule has 0 aromatic heterocycles. The predicted octanol–water partition coefficient (Wildman–Crippen LogP) is 1.82. The van der Waals surface area contributed by atoms with Crippen LogP contribution in [0.15, 0.2) is 24.3 Å². The molecule has 1 nitrogen and oxygen atoms in total. The van der Waals surface area contributed by atoms with E-state index in [1.807, 2.05) is 0 Å². The van der Waals surface area contributed by atoms with Crippen molar-refractivity contribution in [1.82, 2.24) is 4.90 Å². The molecule has 2 rings (SSSR count). The summed E-state index contributed by atoms with van der Waals surface area (Å²) < 4.78 is 0. The third-order valence-electron chi connectivity index (χ3n) is 2.97. The summed E-state index contributed by atoms with van der Waals surface area (Å²) in [5.41, 5.74) is 1.53. The standard InChI is InChI=1S/C10H15N/c1-4-8-5-7(2)6-9-10(8)11(9)3/h4-5,8-10H,1,6H2,2-3H3/t8-,9-,10+,11?/m0/s1. The first kappa shape index (κ1) is 7.11. The van der Waals surface area contributed by atoms with Gasteiger partial charge in [0.25, 0.3) is 0 Å². The summed E-state index contributed by atoms with van der Waals surface area (Å²) in [6.07, 6.45) is 5.70. The van der Waals surface area contributed by atoms with Crippen LogP contribution < -0.4 is 0 Å². The Morgan fingerprint density at radius 1 is 1.73 bits per heavy atom. The van der Waals surface area contributed by atoms with Gasteiger partial charge in [-0.3, -0.25) is 4.90 Å². The van der Waals surface area contributed by atoms with Crippen molar-refractivity contribution in [3.63, 3.8) is 0 Å². The summed E-state index contributed by atoms with van der Waals surface area (Å²) in [7, 11) is 2.21. The van der Waals surface area contributed by atoms with Crippen molar-refractivity contribution in [3.05, 3.63) is 24.3 Å². The lowest BCUT2D eigenvalue weighted by Gasteiger charge is -2.12. The molecule has 0 aromatic rings. The van der Waals surface area contributed by atoms with Crippen LogP contribution in [-0.4, -0.2) is 24.0 Å². The first-order valence-corrected chi connectivity index (χ1v) is 4.26. The Hall–Kier alpha value is -0.560. The maximum Gasteiger partial charge on any atom is 0.0352 e. The lowest BCUT2D eigenvalue weighted by atomic mass is 9.91. The van der Waals surface area contributed by atoms with Gasteiger partial charge in [-0.05, 0) is 20.4 Å². The molecule has 11 heavy (non-hydrogen) atoms. The lowest BCUT2D eigenvalue weighted by Crippen LogP contribution is -2.11. The number of nitrogens with zero attached hydrogens (tertiary/aromatic N) is 1. The molecule has 4 atom stereocenters. The second-order valence-corrected chi connectivity index (χ2v) is 3.75. The molecule has 0 spiro atoms. The number of hydrogen-bond acceptors (Lipinski definition) is 1. The summed E-state index contributed by atoms with van der Waals surface area (Å²) >= 11 is 0. The van der Waals surface area contributed by atoms with Crippen LogP contribution in [0.5, 0.6) is 0 Å². The van der Waals surface area contributed by atoms with E-state index >= 15 is 0 Å². The van der Waals surface area contributed by atoms with Crippen LogP contribution in [0.4, 0.5) is 0 Å². The van der Waals surface area contributed by atoms with Gasteiger partial charge in [-0.25, -0.2) is 0 Å². The topological polar surface area (TPSA) is 3.01 Å². The second kappa shape index (κ2) is 2.21. The minimum Gasteiger partial charge on any atom is -0.296 e. The molecule has 1 aliphatic heterocycles. The highest BCUT2D eigenvalue weighted by molar-refractivity contribution is 5.25. The molecule has 60 valence electrons. The van der Waals surface area contributed by atoms with Crippen LogP contribution in [-0.2, 0) is 0 Å². The number of likely N-dealkylation sites (N-methyl/N-ethyl adjacent to an activating group) is 1. The molecule has 1 aliphatic carbocycles. The molecule has 0 aromatic carbocycles. The zero-order valence-electron chi connectivity index (χ0n) is 7.25. The highest BCUT2D eigenvalue weighted by Gasteiger charge is 2.49. The van der Waals surface area contributed by atoms with Gasteiger partial charge in [-0.15, -0.1) is 6.58 Å². The minimum atomic E-state index is 0.610. The van der Waals surface area contributed by atoms with Gasteiger partial charge in [0.15, 0.2) is 0 Å². The molecular formula is C10H15N. The van der Waals surface area contributed by atoms with E-state index in [4.69, 9.17) is 0 Å². The number of rotatable bonds is 1. The zero-order valence-corrected chi connectivity index (χ0v) is 7.25. The fourth-order valence-electron chi connectivity index (χ4n) is 2.25. The maximum absolute atomic E-state index is 3.86. The summed E-state index contributed by atoms with van der Waals surface area (Å²) in [5.74, 6) is 0.610. The molecule has 0 radical (unpaired) electrons. The van der Waals surface area contributed by atoms with E-state index in [1.165, 1.54) is 12.0 Å². The third kappa shape index (κ3) is 0.951. The highest BCUT2D eigenvalue weighted by Crippen LogP contribution is 2.41. The number of fused-ring (bicyclic) bond motifs is 1. The van der Waals surface area contributed by atoms with Crippen molar-refractivity contribution >= 4 is 0 Å². The molecular weight excluding hydrogens is 134 g/mol. The fraction of sp³-hybridized carbons (Fsp3) is 0.600. The Morgan fingerprint density at radius 2 is 2.45 bits per heavy atom. The average Bonchev–Trinajstić information content (AvgIpc) is 2.61. The van der Waals surface area contributed by atoms with E-state index < -0.39 is 0 Å². The second-order valence-electron chi connectivity index (χ2n) is 3.75. The van der Waals surface area contributed by atoms with Crippen molar-refractivity contribution in [1.29, 1.82) is 0 Å². The van der Waals surface area contributed by atoms with E-state index in [9.17, 15) is 0 Å². The fourth-order valence-corrected chi connectivity index (χ4v) is 2.25. The van der Waals surface area contributed by atoms with Gasteiger partial charge >= 0.3 is 0 Å². The first-order valence-electron chi connectivity index (χ1n) is 4.26. The Balaban J connectivity index is 2.19. The molecule has 0 bridgehead atoms. The zero-order chi connectivity index (χ0) is 8.01. The Labute approximate surface area is 68.4 Å². The highest BCUT2D eigenvalue weighted by atomic mass is 15.3. The van der Waals surface area contributed by atoms with Crippen molar-refractivity contribution in [2.24, 2.45) is 5.92 Å². The SMILES string of the molecule is C=C[C@H]1C=C(C)C[C@H]2[C@@H]1N2C. The largest absolute Gasteiger partial charge is 0.296 e. The van der Waals surface area contributed by atoms with Crippen LogP contribution in [0.25, 0.3) is 0 Å². The van der Waals surface area contributed by atoms with E-state index in [-0.39, 0.29) is 0 Å². The maximum atomic E-state index is 3.86. The van der Waals surface area contributed by atoms with Crippen LogP contribution in [0, 0.1) is 5.92 Å². The Bertz CT molecular complexity index is 217. The average molecular weight is 149 g/mol. The lowest BCUT2D eigenvalue weighted by molar-refractivity contribution is 0.560. The minimum absolute atomic E-state index is 0.610. The molecule has 0 saturated carbocycles. The Morgan fingerprint density at radius 3 is 3.09 bits per heavy atom.